The van der Waals surface area contributed by atoms with Gasteiger partial charge in [0, 0.05) is 36.9 Å². The number of amides is 1. The maximum atomic E-state index is 11.2. The predicted octanol–water partition coefficient (Wildman–Crippen LogP) is 2.28. The first-order chi connectivity index (χ1) is 10.6. The molecule has 1 heterocycles. The molecular formula is C18H21N3O. The molecule has 3 N–H and O–H groups in total. The minimum absolute atomic E-state index is 0.385. The Morgan fingerprint density at radius 2 is 1.95 bits per heavy atom. The van der Waals surface area contributed by atoms with Crippen LogP contribution in [0.25, 0.3) is 0 Å². The van der Waals surface area contributed by atoms with Crippen LogP contribution in [0.1, 0.15) is 28.4 Å². The Labute approximate surface area is 130 Å². The number of hydrogen-bond donors (Lipinski definition) is 2. The zero-order valence-corrected chi connectivity index (χ0v) is 12.8. The molecule has 0 fully saturated rings. The molecule has 4 nitrogen and oxygen atoms in total. The number of nitrogens with two attached hydrogens (primary N) is 1. The van der Waals surface area contributed by atoms with E-state index in [-0.39, 0.29) is 5.91 Å². The first kappa shape index (κ1) is 14.6. The molecule has 22 heavy (non-hydrogen) atoms. The van der Waals surface area contributed by atoms with Gasteiger partial charge in [-0.3, -0.25) is 4.79 Å². The first-order valence-electron chi connectivity index (χ1n) is 7.58. The van der Waals surface area contributed by atoms with E-state index in [0.717, 1.165) is 19.6 Å². The van der Waals surface area contributed by atoms with Gasteiger partial charge in [0.25, 0.3) is 0 Å². The lowest BCUT2D eigenvalue weighted by Gasteiger charge is -2.26. The van der Waals surface area contributed by atoms with E-state index in [1.54, 1.807) is 12.1 Å². The molecule has 3 rings (SSSR count). The molecule has 0 radical (unpaired) electrons. The normalized spacial score (nSPS) is 17.7. The molecule has 0 aromatic heterocycles. The fourth-order valence-corrected chi connectivity index (χ4v) is 2.89. The third-order valence-corrected chi connectivity index (χ3v) is 4.08. The van der Waals surface area contributed by atoms with Crippen molar-refractivity contribution in [3.8, 4) is 0 Å². The van der Waals surface area contributed by atoms with Crippen LogP contribution in [-0.2, 0) is 13.1 Å². The van der Waals surface area contributed by atoms with Gasteiger partial charge in [0.2, 0.25) is 5.91 Å². The Morgan fingerprint density at radius 3 is 2.68 bits per heavy atom. The van der Waals surface area contributed by atoms with Crippen LogP contribution in [0, 0.1) is 0 Å². The average Bonchev–Trinajstić information content (AvgIpc) is 2.68. The second-order valence-electron chi connectivity index (χ2n) is 5.85. The molecule has 0 saturated carbocycles. The summed E-state index contributed by atoms with van der Waals surface area (Å²) in [5.41, 5.74) is 9.61. The van der Waals surface area contributed by atoms with E-state index in [1.807, 2.05) is 12.1 Å². The number of anilines is 1. The van der Waals surface area contributed by atoms with Crippen molar-refractivity contribution in [3.05, 3.63) is 65.2 Å². The molecule has 0 bridgehead atoms. The van der Waals surface area contributed by atoms with Gasteiger partial charge in [-0.25, -0.2) is 0 Å². The average molecular weight is 295 g/mol. The maximum absolute atomic E-state index is 11.2. The summed E-state index contributed by atoms with van der Waals surface area (Å²) in [6.07, 6.45) is 0. The number of carbonyl (C=O) groups excluding carboxylic acids is 1. The van der Waals surface area contributed by atoms with E-state index in [4.69, 9.17) is 5.73 Å². The lowest BCUT2D eigenvalue weighted by atomic mass is 10.1. The van der Waals surface area contributed by atoms with Crippen LogP contribution in [-0.4, -0.2) is 18.5 Å². The van der Waals surface area contributed by atoms with Crippen LogP contribution < -0.4 is 16.0 Å². The Hall–Kier alpha value is -2.33. The molecule has 1 aliphatic rings. The molecule has 0 saturated heterocycles. The van der Waals surface area contributed by atoms with E-state index < -0.39 is 0 Å². The number of rotatable bonds is 3. The SMILES string of the molecule is CC1CN(Cc2ccc(C(N)=O)cc2)c2ccccc2CN1. The third kappa shape index (κ3) is 3.12. The van der Waals surface area contributed by atoms with Crippen molar-refractivity contribution in [1.29, 1.82) is 0 Å². The van der Waals surface area contributed by atoms with Crippen LogP contribution >= 0.6 is 0 Å². The Balaban J connectivity index is 1.85. The number of benzene rings is 2. The van der Waals surface area contributed by atoms with E-state index in [0.29, 0.717) is 11.6 Å². The second kappa shape index (κ2) is 6.20. The number of para-hydroxylation sites is 1. The number of carbonyl (C=O) groups is 1. The quantitative estimate of drug-likeness (QED) is 0.913. The molecule has 0 spiro atoms. The van der Waals surface area contributed by atoms with Gasteiger partial charge in [0.1, 0.15) is 0 Å². The molecule has 2 aromatic rings. The highest BCUT2D eigenvalue weighted by atomic mass is 16.1. The number of hydrogen-bond acceptors (Lipinski definition) is 3. The summed E-state index contributed by atoms with van der Waals surface area (Å²) in [6, 6.07) is 16.5. The maximum Gasteiger partial charge on any atom is 0.248 e. The fourth-order valence-electron chi connectivity index (χ4n) is 2.89. The third-order valence-electron chi connectivity index (χ3n) is 4.08. The molecule has 114 valence electrons. The molecule has 4 heteroatoms. The lowest BCUT2D eigenvalue weighted by molar-refractivity contribution is 0.100. The zero-order valence-electron chi connectivity index (χ0n) is 12.8. The van der Waals surface area contributed by atoms with Crippen molar-refractivity contribution >= 4 is 11.6 Å². The lowest BCUT2D eigenvalue weighted by Crippen LogP contribution is -2.35. The minimum atomic E-state index is -0.385. The fraction of sp³-hybridized carbons (Fsp3) is 0.278. The highest BCUT2D eigenvalue weighted by Gasteiger charge is 2.18. The Bertz CT molecular complexity index is 666. The molecule has 1 atom stereocenters. The molecule has 1 amide bonds. The van der Waals surface area contributed by atoms with E-state index in [2.05, 4.69) is 41.4 Å². The van der Waals surface area contributed by atoms with Gasteiger partial charge < -0.3 is 16.0 Å². The minimum Gasteiger partial charge on any atom is -0.366 e. The smallest absolute Gasteiger partial charge is 0.248 e. The summed E-state index contributed by atoms with van der Waals surface area (Å²) in [7, 11) is 0. The van der Waals surface area contributed by atoms with Gasteiger partial charge in [-0.2, -0.15) is 0 Å². The molecule has 1 aliphatic heterocycles. The number of nitrogens with zero attached hydrogens (tertiary/aromatic N) is 1. The highest BCUT2D eigenvalue weighted by molar-refractivity contribution is 5.92. The van der Waals surface area contributed by atoms with Crippen LogP contribution in [0.5, 0.6) is 0 Å². The molecule has 2 aromatic carbocycles. The zero-order chi connectivity index (χ0) is 15.5. The van der Waals surface area contributed by atoms with E-state index in [1.165, 1.54) is 16.8 Å². The topological polar surface area (TPSA) is 58.4 Å². The van der Waals surface area contributed by atoms with Crippen LogP contribution in [0.15, 0.2) is 48.5 Å². The largest absolute Gasteiger partial charge is 0.366 e. The standard InChI is InChI=1S/C18H21N3O/c1-13-11-21(17-5-3-2-4-16(17)10-20-13)12-14-6-8-15(9-7-14)18(19)22/h2-9,13,20H,10-12H2,1H3,(H2,19,22). The van der Waals surface area contributed by atoms with Crippen LogP contribution in [0.2, 0.25) is 0 Å². The summed E-state index contributed by atoms with van der Waals surface area (Å²) in [4.78, 5) is 13.5. The predicted molar refractivity (Wildman–Crippen MR) is 88.8 cm³/mol. The second-order valence-corrected chi connectivity index (χ2v) is 5.85. The molecular weight excluding hydrogens is 274 g/mol. The van der Waals surface area contributed by atoms with Crippen LogP contribution in [0.3, 0.4) is 0 Å². The van der Waals surface area contributed by atoms with Crippen molar-refractivity contribution in [3.63, 3.8) is 0 Å². The van der Waals surface area contributed by atoms with Crippen LogP contribution in [0.4, 0.5) is 5.69 Å². The number of nitrogens with one attached hydrogen (secondary N) is 1. The summed E-state index contributed by atoms with van der Waals surface area (Å²) >= 11 is 0. The summed E-state index contributed by atoms with van der Waals surface area (Å²) < 4.78 is 0. The van der Waals surface area contributed by atoms with Crippen molar-refractivity contribution in [2.45, 2.75) is 26.1 Å². The first-order valence-corrected chi connectivity index (χ1v) is 7.58. The Kier molecular flexibility index (Phi) is 4.11. The van der Waals surface area contributed by atoms with Crippen molar-refractivity contribution in [2.75, 3.05) is 11.4 Å². The highest BCUT2D eigenvalue weighted by Crippen LogP contribution is 2.25. The van der Waals surface area contributed by atoms with Gasteiger partial charge >= 0.3 is 0 Å². The molecule has 1 unspecified atom stereocenters. The van der Waals surface area contributed by atoms with Gasteiger partial charge in [0.05, 0.1) is 0 Å². The number of fused-ring (bicyclic) bond motifs is 1. The summed E-state index contributed by atoms with van der Waals surface area (Å²) in [5.74, 6) is -0.385. The Morgan fingerprint density at radius 1 is 1.23 bits per heavy atom. The van der Waals surface area contributed by atoms with Crippen molar-refractivity contribution in [1.82, 2.24) is 5.32 Å². The summed E-state index contributed by atoms with van der Waals surface area (Å²) in [6.45, 7) is 4.88. The molecule has 0 aliphatic carbocycles. The van der Waals surface area contributed by atoms with Gasteiger partial charge in [-0.05, 0) is 36.2 Å². The monoisotopic (exact) mass is 295 g/mol. The van der Waals surface area contributed by atoms with Gasteiger partial charge in [-0.1, -0.05) is 30.3 Å². The van der Waals surface area contributed by atoms with E-state index in [9.17, 15) is 4.79 Å². The summed E-state index contributed by atoms with van der Waals surface area (Å²) in [5, 5.41) is 3.54. The number of primary amides is 1. The van der Waals surface area contributed by atoms with Crippen molar-refractivity contribution in [2.24, 2.45) is 5.73 Å². The van der Waals surface area contributed by atoms with Gasteiger partial charge in [0.15, 0.2) is 0 Å². The van der Waals surface area contributed by atoms with Crippen molar-refractivity contribution < 1.29 is 4.79 Å². The van der Waals surface area contributed by atoms with E-state index >= 15 is 0 Å². The van der Waals surface area contributed by atoms with Gasteiger partial charge in [-0.15, -0.1) is 0 Å².